The normalized spacial score (nSPS) is 11.9. The molecule has 5 nitrogen and oxygen atoms in total. The van der Waals surface area contributed by atoms with Crippen LogP contribution in [0.4, 0.5) is 5.69 Å². The van der Waals surface area contributed by atoms with Crippen LogP contribution in [0.15, 0.2) is 54.7 Å². The summed E-state index contributed by atoms with van der Waals surface area (Å²) in [6, 6.07) is 15.7. The number of ether oxygens (including phenoxy) is 1. The van der Waals surface area contributed by atoms with Gasteiger partial charge in [-0.2, -0.15) is 0 Å². The second-order valence-electron chi connectivity index (χ2n) is 6.96. The summed E-state index contributed by atoms with van der Waals surface area (Å²) in [5.74, 6) is -0.359. The zero-order valence-electron chi connectivity index (χ0n) is 16.3. The Labute approximate surface area is 165 Å². The van der Waals surface area contributed by atoms with E-state index in [9.17, 15) is 9.59 Å². The number of H-pyrrole nitrogens is 1. The van der Waals surface area contributed by atoms with E-state index in [0.29, 0.717) is 12.3 Å². The molecule has 5 heteroatoms. The van der Waals surface area contributed by atoms with Crippen LogP contribution in [0.5, 0.6) is 0 Å². The topological polar surface area (TPSA) is 71.2 Å². The molecule has 0 saturated heterocycles. The van der Waals surface area contributed by atoms with Gasteiger partial charge in [0.1, 0.15) is 0 Å². The summed E-state index contributed by atoms with van der Waals surface area (Å²) in [4.78, 5) is 27.4. The van der Waals surface area contributed by atoms with Gasteiger partial charge in [0.25, 0.3) is 5.91 Å². The number of aryl methyl sites for hydroxylation is 1. The molecule has 2 aromatic carbocycles. The van der Waals surface area contributed by atoms with Gasteiger partial charge in [0.15, 0.2) is 6.61 Å². The smallest absolute Gasteiger partial charge is 0.306 e. The number of amides is 1. The Morgan fingerprint density at radius 1 is 1.11 bits per heavy atom. The fourth-order valence-electron chi connectivity index (χ4n) is 3.24. The third-order valence-corrected chi connectivity index (χ3v) is 5.02. The molecule has 0 radical (unpaired) electrons. The van der Waals surface area contributed by atoms with Gasteiger partial charge in [0.2, 0.25) is 0 Å². The molecule has 1 atom stereocenters. The lowest BCUT2D eigenvalue weighted by atomic mass is 9.97. The second kappa shape index (κ2) is 9.22. The number of fused-ring (bicyclic) bond motifs is 1. The minimum atomic E-state index is -0.379. The Balaban J connectivity index is 1.49. The molecule has 0 saturated carbocycles. The molecule has 0 aliphatic heterocycles. The maximum absolute atomic E-state index is 12.2. The Morgan fingerprint density at radius 2 is 1.86 bits per heavy atom. The maximum atomic E-state index is 12.2. The SMILES string of the molecule is CC[C@@H](C)c1ccccc1NC(=O)COC(=O)CCc1c[nH]c2ccccc12. The zero-order chi connectivity index (χ0) is 19.9. The molecule has 1 aromatic heterocycles. The Kier molecular flexibility index (Phi) is 6.48. The summed E-state index contributed by atoms with van der Waals surface area (Å²) in [5, 5.41) is 3.96. The second-order valence-corrected chi connectivity index (χ2v) is 6.96. The summed E-state index contributed by atoms with van der Waals surface area (Å²) < 4.78 is 5.15. The molecule has 0 unspecified atom stereocenters. The Morgan fingerprint density at radius 3 is 2.68 bits per heavy atom. The van der Waals surface area contributed by atoms with Gasteiger partial charge in [-0.15, -0.1) is 0 Å². The fourth-order valence-corrected chi connectivity index (χ4v) is 3.24. The summed E-state index contributed by atoms with van der Waals surface area (Å²) in [6.45, 7) is 3.95. The highest BCUT2D eigenvalue weighted by atomic mass is 16.5. The van der Waals surface area contributed by atoms with E-state index in [1.807, 2.05) is 54.7 Å². The number of hydrogen-bond acceptors (Lipinski definition) is 3. The van der Waals surface area contributed by atoms with Crippen molar-refractivity contribution in [2.75, 3.05) is 11.9 Å². The van der Waals surface area contributed by atoms with E-state index >= 15 is 0 Å². The van der Waals surface area contributed by atoms with Crippen molar-refractivity contribution in [2.45, 2.75) is 39.0 Å². The number of nitrogens with one attached hydrogen (secondary N) is 2. The number of benzene rings is 2. The van der Waals surface area contributed by atoms with Crippen LogP contribution in [0.3, 0.4) is 0 Å². The molecule has 2 N–H and O–H groups in total. The van der Waals surface area contributed by atoms with Gasteiger partial charge in [-0.1, -0.05) is 50.2 Å². The van der Waals surface area contributed by atoms with Crippen molar-refractivity contribution in [3.05, 3.63) is 65.9 Å². The molecule has 1 amide bonds. The first-order chi connectivity index (χ1) is 13.6. The minimum Gasteiger partial charge on any atom is -0.456 e. The van der Waals surface area contributed by atoms with E-state index in [1.165, 1.54) is 0 Å². The van der Waals surface area contributed by atoms with E-state index in [4.69, 9.17) is 4.74 Å². The Bertz CT molecular complexity index is 961. The minimum absolute atomic E-state index is 0.235. The van der Waals surface area contributed by atoms with Crippen molar-refractivity contribution >= 4 is 28.5 Å². The quantitative estimate of drug-likeness (QED) is 0.553. The van der Waals surface area contributed by atoms with E-state index in [1.54, 1.807) is 0 Å². The molecule has 0 aliphatic carbocycles. The predicted octanol–water partition coefficient (Wildman–Crippen LogP) is 4.80. The molecule has 0 bridgehead atoms. The summed E-state index contributed by atoms with van der Waals surface area (Å²) in [7, 11) is 0. The van der Waals surface area contributed by atoms with Crippen molar-refractivity contribution < 1.29 is 14.3 Å². The first kappa shape index (κ1) is 19.7. The van der Waals surface area contributed by atoms with E-state index in [0.717, 1.165) is 34.1 Å². The van der Waals surface area contributed by atoms with Crippen LogP contribution in [0, 0.1) is 0 Å². The maximum Gasteiger partial charge on any atom is 0.306 e. The lowest BCUT2D eigenvalue weighted by Gasteiger charge is -2.15. The van der Waals surface area contributed by atoms with Crippen LogP contribution >= 0.6 is 0 Å². The number of rotatable bonds is 8. The third-order valence-electron chi connectivity index (χ3n) is 5.02. The fraction of sp³-hybridized carbons (Fsp3) is 0.304. The van der Waals surface area contributed by atoms with E-state index in [-0.39, 0.29) is 24.9 Å². The number of esters is 1. The lowest BCUT2D eigenvalue weighted by molar-refractivity contribution is -0.147. The van der Waals surface area contributed by atoms with Gasteiger partial charge in [0.05, 0.1) is 0 Å². The van der Waals surface area contributed by atoms with Crippen LogP contribution < -0.4 is 5.32 Å². The number of para-hydroxylation sites is 2. The van der Waals surface area contributed by atoms with Crippen LogP contribution in [0.2, 0.25) is 0 Å². The average Bonchev–Trinajstić information content (AvgIpc) is 3.13. The molecule has 28 heavy (non-hydrogen) atoms. The first-order valence-corrected chi connectivity index (χ1v) is 9.68. The number of carbonyl (C=O) groups excluding carboxylic acids is 2. The van der Waals surface area contributed by atoms with Gasteiger partial charge in [-0.3, -0.25) is 9.59 Å². The van der Waals surface area contributed by atoms with Crippen LogP contribution in [0.1, 0.15) is 43.7 Å². The number of hydrogen-bond donors (Lipinski definition) is 2. The predicted molar refractivity (Wildman–Crippen MR) is 111 cm³/mol. The molecule has 0 aliphatic rings. The molecule has 3 rings (SSSR count). The third kappa shape index (κ3) is 4.80. The molecule has 3 aromatic rings. The van der Waals surface area contributed by atoms with Gasteiger partial charge in [-0.25, -0.2) is 0 Å². The standard InChI is InChI=1S/C23H26N2O3/c1-3-16(2)18-8-4-7-11-21(18)25-22(26)15-28-23(27)13-12-17-14-24-20-10-6-5-9-19(17)20/h4-11,14,16,24H,3,12-13,15H2,1-2H3,(H,25,26)/t16-/m1/s1. The van der Waals surface area contributed by atoms with E-state index in [2.05, 4.69) is 24.1 Å². The number of aromatic nitrogens is 1. The molecule has 146 valence electrons. The van der Waals surface area contributed by atoms with Gasteiger partial charge >= 0.3 is 5.97 Å². The number of aromatic amines is 1. The molecular weight excluding hydrogens is 352 g/mol. The van der Waals surface area contributed by atoms with Crippen LogP contribution in [-0.4, -0.2) is 23.5 Å². The zero-order valence-corrected chi connectivity index (χ0v) is 16.3. The van der Waals surface area contributed by atoms with Crippen molar-refractivity contribution in [1.82, 2.24) is 4.98 Å². The molecule has 1 heterocycles. The summed E-state index contributed by atoms with van der Waals surface area (Å²) in [5.41, 5.74) is 3.98. The average molecular weight is 378 g/mol. The van der Waals surface area contributed by atoms with Crippen molar-refractivity contribution in [2.24, 2.45) is 0 Å². The van der Waals surface area contributed by atoms with Crippen LogP contribution in [-0.2, 0) is 20.7 Å². The summed E-state index contributed by atoms with van der Waals surface area (Å²) >= 11 is 0. The number of anilines is 1. The highest BCUT2D eigenvalue weighted by Crippen LogP contribution is 2.26. The Hall–Kier alpha value is -3.08. The van der Waals surface area contributed by atoms with E-state index < -0.39 is 0 Å². The van der Waals surface area contributed by atoms with Crippen molar-refractivity contribution in [3.8, 4) is 0 Å². The van der Waals surface area contributed by atoms with Gasteiger partial charge < -0.3 is 15.0 Å². The largest absolute Gasteiger partial charge is 0.456 e. The van der Waals surface area contributed by atoms with Crippen molar-refractivity contribution in [3.63, 3.8) is 0 Å². The van der Waals surface area contributed by atoms with Crippen molar-refractivity contribution in [1.29, 1.82) is 0 Å². The molecule has 0 fully saturated rings. The summed E-state index contributed by atoms with van der Waals surface area (Å²) in [6.07, 6.45) is 3.70. The number of carbonyl (C=O) groups is 2. The van der Waals surface area contributed by atoms with Gasteiger partial charge in [-0.05, 0) is 42.0 Å². The highest BCUT2D eigenvalue weighted by Gasteiger charge is 2.13. The lowest BCUT2D eigenvalue weighted by Crippen LogP contribution is -2.21. The van der Waals surface area contributed by atoms with Gasteiger partial charge in [0, 0.05) is 29.2 Å². The monoisotopic (exact) mass is 378 g/mol. The molecular formula is C23H26N2O3. The van der Waals surface area contributed by atoms with Crippen LogP contribution in [0.25, 0.3) is 10.9 Å². The first-order valence-electron chi connectivity index (χ1n) is 9.68. The molecule has 0 spiro atoms. The highest BCUT2D eigenvalue weighted by molar-refractivity contribution is 5.93.